The maximum Gasteiger partial charge on any atom is 0.188 e. The molecule has 4 heteroatoms. The third kappa shape index (κ3) is 11.5. The molecule has 4 N–H and O–H groups in total. The van der Waals surface area contributed by atoms with Gasteiger partial charge in [0.15, 0.2) is 5.96 Å². The maximum absolute atomic E-state index is 7.23. The minimum absolute atomic E-state index is 0.165. The minimum atomic E-state index is 0.165. The molecule has 18 heavy (non-hydrogen) atoms. The molecule has 0 saturated carbocycles. The lowest BCUT2D eigenvalue weighted by atomic mass is 10.1. The van der Waals surface area contributed by atoms with E-state index in [-0.39, 0.29) is 5.96 Å². The molecule has 0 bridgehead atoms. The lowest BCUT2D eigenvalue weighted by Gasteiger charge is -2.15. The summed E-state index contributed by atoms with van der Waals surface area (Å²) in [4.78, 5) is 1.79. The van der Waals surface area contributed by atoms with E-state index in [4.69, 9.17) is 11.1 Å². The van der Waals surface area contributed by atoms with Crippen molar-refractivity contribution in [2.24, 2.45) is 5.73 Å². The molecule has 0 aromatic rings. The van der Waals surface area contributed by atoms with E-state index < -0.39 is 0 Å². The van der Waals surface area contributed by atoms with E-state index >= 15 is 0 Å². The fourth-order valence-corrected chi connectivity index (χ4v) is 1.63. The van der Waals surface area contributed by atoms with Gasteiger partial charge < -0.3 is 16.0 Å². The summed E-state index contributed by atoms with van der Waals surface area (Å²) >= 11 is 0. The van der Waals surface area contributed by atoms with Gasteiger partial charge in [-0.05, 0) is 33.2 Å². The average molecular weight is 254 g/mol. The quantitative estimate of drug-likeness (QED) is 0.243. The predicted octanol–water partition coefficient (Wildman–Crippen LogP) is 2.32. The number of hydrogen-bond donors (Lipinski definition) is 3. The zero-order valence-corrected chi connectivity index (χ0v) is 12.3. The molecule has 106 valence electrons. The van der Waals surface area contributed by atoms with Crippen molar-refractivity contribution in [1.82, 2.24) is 10.2 Å². The van der Waals surface area contributed by atoms with Gasteiger partial charge in [-0.25, -0.2) is 0 Å². The number of guanidine groups is 1. The number of unbranched alkanes of at least 4 members (excludes halogenated alkanes) is 4. The summed E-state index contributed by atoms with van der Waals surface area (Å²) in [6.07, 6.45) is 8.38. The monoisotopic (exact) mass is 254 g/mol. The smallest absolute Gasteiger partial charge is 0.188 e. The SMILES string of the molecule is CC(C)=CCNCCCCCCCN(C)C(=N)N. The Kier molecular flexibility index (Phi) is 10.4. The first-order chi connectivity index (χ1) is 8.54. The zero-order chi connectivity index (χ0) is 13.8. The molecular formula is C14H30N4. The van der Waals surface area contributed by atoms with Crippen LogP contribution in [0.2, 0.25) is 0 Å². The van der Waals surface area contributed by atoms with E-state index in [0.29, 0.717) is 0 Å². The summed E-state index contributed by atoms with van der Waals surface area (Å²) in [5.41, 5.74) is 6.73. The summed E-state index contributed by atoms with van der Waals surface area (Å²) in [6, 6.07) is 0. The summed E-state index contributed by atoms with van der Waals surface area (Å²) in [5, 5.41) is 10.6. The van der Waals surface area contributed by atoms with Crippen LogP contribution in [0.3, 0.4) is 0 Å². The average Bonchev–Trinajstić information content (AvgIpc) is 2.30. The van der Waals surface area contributed by atoms with Gasteiger partial charge in [-0.1, -0.05) is 30.9 Å². The van der Waals surface area contributed by atoms with Crippen LogP contribution < -0.4 is 11.1 Å². The number of nitrogens with two attached hydrogens (primary N) is 1. The first-order valence-electron chi connectivity index (χ1n) is 6.93. The molecular weight excluding hydrogens is 224 g/mol. The second-order valence-electron chi connectivity index (χ2n) is 5.06. The van der Waals surface area contributed by atoms with Crippen LogP contribution >= 0.6 is 0 Å². The molecule has 0 aliphatic carbocycles. The van der Waals surface area contributed by atoms with E-state index in [1.165, 1.54) is 31.3 Å². The van der Waals surface area contributed by atoms with E-state index in [1.807, 2.05) is 7.05 Å². The number of rotatable bonds is 10. The molecule has 0 aliphatic rings. The van der Waals surface area contributed by atoms with Gasteiger partial charge in [0, 0.05) is 20.1 Å². The Morgan fingerprint density at radius 2 is 1.78 bits per heavy atom. The molecule has 0 rings (SSSR count). The second-order valence-corrected chi connectivity index (χ2v) is 5.06. The van der Waals surface area contributed by atoms with Gasteiger partial charge in [-0.3, -0.25) is 5.41 Å². The van der Waals surface area contributed by atoms with Crippen molar-refractivity contribution in [3.05, 3.63) is 11.6 Å². The third-order valence-electron chi connectivity index (χ3n) is 2.91. The molecule has 0 spiro atoms. The molecule has 0 aromatic carbocycles. The normalized spacial score (nSPS) is 10.2. The van der Waals surface area contributed by atoms with Gasteiger partial charge in [-0.2, -0.15) is 0 Å². The van der Waals surface area contributed by atoms with Crippen molar-refractivity contribution in [1.29, 1.82) is 5.41 Å². The largest absolute Gasteiger partial charge is 0.370 e. The van der Waals surface area contributed by atoms with Crippen molar-refractivity contribution >= 4 is 5.96 Å². The standard InChI is InChI=1S/C14H30N4/c1-13(2)9-11-17-10-7-5-4-6-8-12-18(3)14(15)16/h9,17H,4-8,10-12H2,1-3H3,(H3,15,16). The highest BCUT2D eigenvalue weighted by atomic mass is 15.2. The first kappa shape index (κ1) is 17.0. The van der Waals surface area contributed by atoms with Gasteiger partial charge in [0.1, 0.15) is 0 Å². The van der Waals surface area contributed by atoms with E-state index in [9.17, 15) is 0 Å². The van der Waals surface area contributed by atoms with Crippen LogP contribution in [-0.4, -0.2) is 37.5 Å². The Morgan fingerprint density at radius 1 is 1.17 bits per heavy atom. The highest BCUT2D eigenvalue weighted by Gasteiger charge is 1.98. The van der Waals surface area contributed by atoms with Gasteiger partial charge in [-0.15, -0.1) is 0 Å². The van der Waals surface area contributed by atoms with Gasteiger partial charge in [0.25, 0.3) is 0 Å². The van der Waals surface area contributed by atoms with E-state index in [2.05, 4.69) is 25.2 Å². The molecule has 0 radical (unpaired) electrons. The Morgan fingerprint density at radius 3 is 2.39 bits per heavy atom. The first-order valence-corrected chi connectivity index (χ1v) is 6.93. The molecule has 0 unspecified atom stereocenters. The lowest BCUT2D eigenvalue weighted by molar-refractivity contribution is 0.459. The van der Waals surface area contributed by atoms with Crippen LogP contribution in [0, 0.1) is 5.41 Å². The van der Waals surface area contributed by atoms with Crippen molar-refractivity contribution in [2.45, 2.75) is 46.0 Å². The van der Waals surface area contributed by atoms with Gasteiger partial charge in [0.2, 0.25) is 0 Å². The number of nitrogens with one attached hydrogen (secondary N) is 2. The molecule has 0 atom stereocenters. The van der Waals surface area contributed by atoms with E-state index in [1.54, 1.807) is 4.90 Å². The molecule has 0 fully saturated rings. The molecule has 0 heterocycles. The Hall–Kier alpha value is -1.03. The van der Waals surface area contributed by atoms with Crippen molar-refractivity contribution in [2.75, 3.05) is 26.7 Å². The van der Waals surface area contributed by atoms with Crippen molar-refractivity contribution in [3.8, 4) is 0 Å². The second kappa shape index (κ2) is 11.1. The van der Waals surface area contributed by atoms with Crippen LogP contribution in [0.25, 0.3) is 0 Å². The zero-order valence-electron chi connectivity index (χ0n) is 12.3. The molecule has 0 aliphatic heterocycles. The van der Waals surface area contributed by atoms with Gasteiger partial charge >= 0.3 is 0 Å². The Labute approximate surface area is 112 Å². The molecule has 0 amide bonds. The van der Waals surface area contributed by atoms with E-state index in [0.717, 1.165) is 26.1 Å². The van der Waals surface area contributed by atoms with Crippen LogP contribution in [0.5, 0.6) is 0 Å². The van der Waals surface area contributed by atoms with Crippen LogP contribution in [-0.2, 0) is 0 Å². The fraction of sp³-hybridized carbons (Fsp3) is 0.786. The third-order valence-corrected chi connectivity index (χ3v) is 2.91. The van der Waals surface area contributed by atoms with Crippen molar-refractivity contribution in [3.63, 3.8) is 0 Å². The van der Waals surface area contributed by atoms with Crippen LogP contribution in [0.1, 0.15) is 46.0 Å². The molecule has 0 saturated heterocycles. The maximum atomic E-state index is 7.23. The van der Waals surface area contributed by atoms with Crippen LogP contribution in [0.4, 0.5) is 0 Å². The summed E-state index contributed by atoms with van der Waals surface area (Å²) in [7, 11) is 1.87. The predicted molar refractivity (Wildman–Crippen MR) is 79.9 cm³/mol. The fourth-order valence-electron chi connectivity index (χ4n) is 1.63. The Balaban J connectivity index is 3.17. The summed E-state index contributed by atoms with van der Waals surface area (Å²) in [5.74, 6) is 0.165. The van der Waals surface area contributed by atoms with Gasteiger partial charge in [0.05, 0.1) is 0 Å². The Bertz CT molecular complexity index is 244. The minimum Gasteiger partial charge on any atom is -0.370 e. The number of allylic oxidation sites excluding steroid dienone is 1. The highest BCUT2D eigenvalue weighted by molar-refractivity contribution is 5.74. The lowest BCUT2D eigenvalue weighted by Crippen LogP contribution is -2.33. The van der Waals surface area contributed by atoms with Crippen LogP contribution in [0.15, 0.2) is 11.6 Å². The highest BCUT2D eigenvalue weighted by Crippen LogP contribution is 2.03. The number of nitrogens with zero attached hydrogens (tertiary/aromatic N) is 1. The molecule has 0 aromatic heterocycles. The van der Waals surface area contributed by atoms with Crippen molar-refractivity contribution < 1.29 is 0 Å². The summed E-state index contributed by atoms with van der Waals surface area (Å²) in [6.45, 7) is 7.25. The topological polar surface area (TPSA) is 65.1 Å². The number of hydrogen-bond acceptors (Lipinski definition) is 2. The summed E-state index contributed by atoms with van der Waals surface area (Å²) < 4.78 is 0. The molecule has 4 nitrogen and oxygen atoms in total.